The molecule has 1 atom stereocenters. The van der Waals surface area contributed by atoms with Gasteiger partial charge in [-0.1, -0.05) is 35.9 Å². The Morgan fingerprint density at radius 1 is 1.00 bits per heavy atom. The van der Waals surface area contributed by atoms with Crippen molar-refractivity contribution in [3.63, 3.8) is 0 Å². The van der Waals surface area contributed by atoms with Gasteiger partial charge in [-0.15, -0.1) is 11.3 Å². The maximum Gasteiger partial charge on any atom is 0.251 e. The van der Waals surface area contributed by atoms with Crippen molar-refractivity contribution in [3.05, 3.63) is 58.6 Å². The van der Waals surface area contributed by atoms with E-state index in [9.17, 15) is 9.59 Å². The number of nitrogens with zero attached hydrogens (tertiary/aromatic N) is 3. The molecule has 2 aromatic carbocycles. The molecule has 0 spiro atoms. The van der Waals surface area contributed by atoms with Crippen molar-refractivity contribution < 1.29 is 9.59 Å². The van der Waals surface area contributed by atoms with Crippen LogP contribution in [-0.4, -0.2) is 40.8 Å². The van der Waals surface area contributed by atoms with Crippen LogP contribution in [0.1, 0.15) is 30.2 Å². The van der Waals surface area contributed by atoms with Crippen LogP contribution >= 0.6 is 22.9 Å². The van der Waals surface area contributed by atoms with Crippen LogP contribution in [0, 0.1) is 0 Å². The highest BCUT2D eigenvalue weighted by atomic mass is 35.5. The zero-order valence-electron chi connectivity index (χ0n) is 15.8. The number of piperidine rings is 1. The number of benzene rings is 2. The topological polar surface area (TPSA) is 53.5 Å². The molecule has 0 saturated carbocycles. The summed E-state index contributed by atoms with van der Waals surface area (Å²) < 4.78 is 1.22. The number of carbonyl (C=O) groups excluding carboxylic acids is 2. The number of halogens is 1. The van der Waals surface area contributed by atoms with Crippen LogP contribution in [0.25, 0.3) is 10.2 Å². The van der Waals surface area contributed by atoms with Gasteiger partial charge in [0.15, 0.2) is 0 Å². The van der Waals surface area contributed by atoms with Gasteiger partial charge in [-0.25, -0.2) is 9.88 Å². The summed E-state index contributed by atoms with van der Waals surface area (Å²) in [4.78, 5) is 33.8. The fraction of sp³-hybridized carbons (Fsp3) is 0.318. The second-order valence-corrected chi connectivity index (χ2v) is 9.04. The Kier molecular flexibility index (Phi) is 4.86. The van der Waals surface area contributed by atoms with Crippen molar-refractivity contribution in [3.8, 4) is 0 Å². The molecule has 2 fully saturated rings. The zero-order valence-corrected chi connectivity index (χ0v) is 17.3. The van der Waals surface area contributed by atoms with Gasteiger partial charge < -0.3 is 0 Å². The first kappa shape index (κ1) is 18.7. The summed E-state index contributed by atoms with van der Waals surface area (Å²) in [7, 11) is 0. The van der Waals surface area contributed by atoms with Crippen LogP contribution in [0.3, 0.4) is 0 Å². The molecule has 29 heavy (non-hydrogen) atoms. The lowest BCUT2D eigenvalue weighted by atomic mass is 9.96. The van der Waals surface area contributed by atoms with Crippen LogP contribution in [0.5, 0.6) is 0 Å². The molecular formula is C22H20ClN3O2S. The molecule has 0 N–H and O–H groups in total. The molecule has 2 aliphatic heterocycles. The first-order valence-corrected chi connectivity index (χ1v) is 11.0. The Morgan fingerprint density at radius 2 is 1.72 bits per heavy atom. The third kappa shape index (κ3) is 3.35. The number of thiazole rings is 1. The van der Waals surface area contributed by atoms with E-state index in [4.69, 9.17) is 16.6 Å². The minimum absolute atomic E-state index is 0.165. The molecule has 2 amide bonds. The minimum atomic E-state index is -0.393. The van der Waals surface area contributed by atoms with E-state index in [0.29, 0.717) is 16.6 Å². The van der Waals surface area contributed by atoms with Gasteiger partial charge in [0.2, 0.25) is 5.91 Å². The van der Waals surface area contributed by atoms with Crippen LogP contribution < -0.4 is 4.90 Å². The van der Waals surface area contributed by atoms with E-state index in [1.165, 1.54) is 14.6 Å². The molecule has 5 rings (SSSR count). The van der Waals surface area contributed by atoms with Crippen molar-refractivity contribution in [2.45, 2.75) is 31.2 Å². The number of carbonyl (C=O) groups is 2. The Hall–Kier alpha value is -2.28. The maximum absolute atomic E-state index is 13.0. The summed E-state index contributed by atoms with van der Waals surface area (Å²) in [5.41, 5.74) is 1.54. The van der Waals surface area contributed by atoms with E-state index in [-0.39, 0.29) is 18.2 Å². The number of amides is 2. The van der Waals surface area contributed by atoms with Crippen molar-refractivity contribution in [2.75, 3.05) is 18.0 Å². The molecule has 148 valence electrons. The van der Waals surface area contributed by atoms with E-state index >= 15 is 0 Å². The number of anilines is 1. The first-order valence-electron chi connectivity index (χ1n) is 9.82. The number of para-hydroxylation sites is 2. The number of aromatic nitrogens is 1. The van der Waals surface area contributed by atoms with Gasteiger partial charge in [0.05, 0.1) is 38.4 Å². The molecule has 5 nitrogen and oxygen atoms in total. The fourth-order valence-electron chi connectivity index (χ4n) is 4.31. The Labute approximate surface area is 177 Å². The molecular weight excluding hydrogens is 406 g/mol. The molecule has 2 aliphatic rings. The lowest BCUT2D eigenvalue weighted by Gasteiger charge is -2.34. The molecule has 0 bridgehead atoms. The summed E-state index contributed by atoms with van der Waals surface area (Å²) in [6, 6.07) is 14.8. The van der Waals surface area contributed by atoms with Crippen molar-refractivity contribution in [1.29, 1.82) is 0 Å². The number of fused-ring (bicyclic) bond motifs is 1. The number of rotatable bonds is 3. The number of hydrogen-bond donors (Lipinski definition) is 0. The number of imide groups is 1. The fourth-order valence-corrected chi connectivity index (χ4v) is 5.67. The Balaban J connectivity index is 1.29. The number of likely N-dealkylation sites (tertiary alicyclic amines) is 1. The van der Waals surface area contributed by atoms with Crippen molar-refractivity contribution in [2.24, 2.45) is 0 Å². The van der Waals surface area contributed by atoms with Crippen LogP contribution in [0.4, 0.5) is 5.69 Å². The number of hydrogen-bond acceptors (Lipinski definition) is 5. The quantitative estimate of drug-likeness (QED) is 0.581. The van der Waals surface area contributed by atoms with Gasteiger partial charge in [0.1, 0.15) is 0 Å². The maximum atomic E-state index is 13.0. The lowest BCUT2D eigenvalue weighted by Crippen LogP contribution is -2.45. The third-order valence-electron chi connectivity index (χ3n) is 5.85. The SMILES string of the molecule is O=C1CC(N2CCC(c3nc4ccccc4s3)CC2)C(=O)N1c1ccccc1Cl. The second kappa shape index (κ2) is 7.52. The molecule has 7 heteroatoms. The molecule has 2 saturated heterocycles. The highest BCUT2D eigenvalue weighted by Crippen LogP contribution is 2.36. The van der Waals surface area contributed by atoms with Crippen LogP contribution in [-0.2, 0) is 9.59 Å². The van der Waals surface area contributed by atoms with E-state index in [2.05, 4.69) is 17.0 Å². The van der Waals surface area contributed by atoms with Gasteiger partial charge >= 0.3 is 0 Å². The van der Waals surface area contributed by atoms with Gasteiger partial charge in [0.25, 0.3) is 5.91 Å². The van der Waals surface area contributed by atoms with E-state index < -0.39 is 6.04 Å². The van der Waals surface area contributed by atoms with E-state index in [1.54, 1.807) is 35.6 Å². The summed E-state index contributed by atoms with van der Waals surface area (Å²) in [6.45, 7) is 1.58. The van der Waals surface area contributed by atoms with E-state index in [0.717, 1.165) is 31.4 Å². The smallest absolute Gasteiger partial charge is 0.251 e. The summed E-state index contributed by atoms with van der Waals surface area (Å²) in [6.07, 6.45) is 2.11. The lowest BCUT2D eigenvalue weighted by molar-refractivity contribution is -0.123. The normalized spacial score (nSPS) is 21.4. The van der Waals surface area contributed by atoms with Crippen molar-refractivity contribution in [1.82, 2.24) is 9.88 Å². The molecule has 1 unspecified atom stereocenters. The molecule has 1 aromatic heterocycles. The highest BCUT2D eigenvalue weighted by Gasteiger charge is 2.44. The molecule has 0 radical (unpaired) electrons. The predicted molar refractivity (Wildman–Crippen MR) is 116 cm³/mol. The molecule has 0 aliphatic carbocycles. The average Bonchev–Trinajstić information content (AvgIpc) is 3.30. The van der Waals surface area contributed by atoms with Gasteiger partial charge in [-0.05, 0) is 50.2 Å². The van der Waals surface area contributed by atoms with Crippen LogP contribution in [0.2, 0.25) is 5.02 Å². The second-order valence-electron chi connectivity index (χ2n) is 7.57. The third-order valence-corrected chi connectivity index (χ3v) is 7.36. The first-order chi connectivity index (χ1) is 14.1. The monoisotopic (exact) mass is 425 g/mol. The zero-order chi connectivity index (χ0) is 20.0. The average molecular weight is 426 g/mol. The predicted octanol–water partition coefficient (Wildman–Crippen LogP) is 4.46. The minimum Gasteiger partial charge on any atom is -0.291 e. The summed E-state index contributed by atoms with van der Waals surface area (Å²) >= 11 is 7.99. The van der Waals surface area contributed by atoms with Gasteiger partial charge in [-0.3, -0.25) is 14.5 Å². The Morgan fingerprint density at radius 3 is 2.48 bits per heavy atom. The molecule has 3 heterocycles. The Bertz CT molecular complexity index is 1060. The largest absolute Gasteiger partial charge is 0.291 e. The summed E-state index contributed by atoms with van der Waals surface area (Å²) in [5, 5.41) is 1.60. The van der Waals surface area contributed by atoms with Gasteiger partial charge in [-0.2, -0.15) is 0 Å². The molecule has 3 aromatic rings. The van der Waals surface area contributed by atoms with E-state index in [1.807, 2.05) is 12.1 Å². The van der Waals surface area contributed by atoms with Crippen molar-refractivity contribution >= 4 is 50.7 Å². The standard InChI is InChI=1S/C22H20ClN3O2S/c23-15-5-1-3-7-17(15)26-20(27)13-18(22(26)28)25-11-9-14(10-12-25)21-24-16-6-2-4-8-19(16)29-21/h1-8,14,18H,9-13H2. The summed E-state index contributed by atoms with van der Waals surface area (Å²) in [5.74, 6) is 0.0680. The van der Waals surface area contributed by atoms with Gasteiger partial charge in [0, 0.05) is 5.92 Å². The van der Waals surface area contributed by atoms with Crippen LogP contribution in [0.15, 0.2) is 48.5 Å². The highest BCUT2D eigenvalue weighted by molar-refractivity contribution is 7.18.